The number of carbonyl (C=O) groups excluding carboxylic acids is 3. The lowest BCUT2D eigenvalue weighted by molar-refractivity contribution is -0.167. The van der Waals surface area contributed by atoms with Gasteiger partial charge in [-0.1, -0.05) is 270 Å². The van der Waals surface area contributed by atoms with Crippen molar-refractivity contribution in [2.24, 2.45) is 0 Å². The van der Waals surface area contributed by atoms with E-state index in [1.54, 1.807) is 0 Å². The first-order chi connectivity index (χ1) is 32.0. The summed E-state index contributed by atoms with van der Waals surface area (Å²) in [5.41, 5.74) is 0. The summed E-state index contributed by atoms with van der Waals surface area (Å²) in [6.45, 7) is 6.63. The van der Waals surface area contributed by atoms with Crippen LogP contribution in [0.25, 0.3) is 0 Å². The normalized spacial score (nSPS) is 12.1. The minimum atomic E-state index is -0.773. The number of allylic oxidation sites excluding steroid dienone is 4. The number of ether oxygens (including phenoxy) is 3. The Morgan fingerprint density at radius 2 is 0.554 bits per heavy atom. The van der Waals surface area contributed by atoms with E-state index in [1.165, 1.54) is 199 Å². The quantitative estimate of drug-likeness (QED) is 0.0262. The third kappa shape index (κ3) is 52.7. The van der Waals surface area contributed by atoms with Crippen LogP contribution >= 0.6 is 0 Å². The van der Waals surface area contributed by atoms with Crippen molar-refractivity contribution in [1.82, 2.24) is 0 Å². The zero-order valence-corrected chi connectivity index (χ0v) is 43.8. The number of rotatable bonds is 53. The number of esters is 3. The summed E-state index contributed by atoms with van der Waals surface area (Å²) < 4.78 is 16.8. The molecule has 0 fully saturated rings. The van der Waals surface area contributed by atoms with E-state index in [4.69, 9.17) is 14.2 Å². The fourth-order valence-electron chi connectivity index (χ4n) is 8.59. The molecule has 0 N–H and O–H groups in total. The van der Waals surface area contributed by atoms with Gasteiger partial charge in [0.15, 0.2) is 6.10 Å². The molecule has 0 aromatic carbocycles. The van der Waals surface area contributed by atoms with Crippen molar-refractivity contribution in [2.45, 2.75) is 322 Å². The monoisotopic (exact) mass is 915 g/mol. The molecule has 0 bridgehead atoms. The zero-order chi connectivity index (χ0) is 47.2. The summed E-state index contributed by atoms with van der Waals surface area (Å²) >= 11 is 0. The van der Waals surface area contributed by atoms with Crippen LogP contribution in [0.4, 0.5) is 0 Å². The van der Waals surface area contributed by atoms with Crippen molar-refractivity contribution in [3.05, 3.63) is 24.3 Å². The van der Waals surface area contributed by atoms with E-state index >= 15 is 0 Å². The predicted molar refractivity (Wildman–Crippen MR) is 279 cm³/mol. The molecular formula is C59H110O6. The molecule has 0 spiro atoms. The van der Waals surface area contributed by atoms with Gasteiger partial charge in [0.2, 0.25) is 0 Å². The first kappa shape index (κ1) is 62.9. The second-order valence-corrected chi connectivity index (χ2v) is 19.6. The molecule has 382 valence electrons. The minimum Gasteiger partial charge on any atom is -0.462 e. The van der Waals surface area contributed by atoms with Crippen molar-refractivity contribution in [3.8, 4) is 0 Å². The molecule has 1 unspecified atom stereocenters. The van der Waals surface area contributed by atoms with Gasteiger partial charge < -0.3 is 14.2 Å². The highest BCUT2D eigenvalue weighted by Gasteiger charge is 2.19. The topological polar surface area (TPSA) is 78.9 Å². The molecule has 0 heterocycles. The summed E-state index contributed by atoms with van der Waals surface area (Å²) in [4.78, 5) is 38.0. The largest absolute Gasteiger partial charge is 0.462 e. The summed E-state index contributed by atoms with van der Waals surface area (Å²) in [7, 11) is 0. The van der Waals surface area contributed by atoms with E-state index in [2.05, 4.69) is 45.1 Å². The molecule has 65 heavy (non-hydrogen) atoms. The second-order valence-electron chi connectivity index (χ2n) is 19.6. The van der Waals surface area contributed by atoms with Crippen molar-refractivity contribution in [3.63, 3.8) is 0 Å². The molecule has 0 aliphatic heterocycles. The maximum absolute atomic E-state index is 12.8. The van der Waals surface area contributed by atoms with E-state index in [0.717, 1.165) is 77.0 Å². The van der Waals surface area contributed by atoms with Gasteiger partial charge in [0.05, 0.1) is 0 Å². The second kappa shape index (κ2) is 54.5. The fraction of sp³-hybridized carbons (Fsp3) is 0.881. The Morgan fingerprint density at radius 1 is 0.308 bits per heavy atom. The molecule has 0 radical (unpaired) electrons. The van der Waals surface area contributed by atoms with Crippen LogP contribution in [0, 0.1) is 0 Å². The molecule has 6 heteroatoms. The molecule has 0 rings (SSSR count). The number of hydrogen-bond acceptors (Lipinski definition) is 6. The van der Waals surface area contributed by atoms with Gasteiger partial charge in [-0.2, -0.15) is 0 Å². The smallest absolute Gasteiger partial charge is 0.306 e. The van der Waals surface area contributed by atoms with Crippen molar-refractivity contribution in [2.75, 3.05) is 13.2 Å². The SMILES string of the molecule is CCCCC/C=C\C/C=C\CCCCCCCC(=O)OC(COC(=O)CCCCCCCCCCCC)COC(=O)CCCCCCCCCCCCCCCCCCCCCCCC. The predicted octanol–water partition coefficient (Wildman–Crippen LogP) is 19.1. The number of carbonyl (C=O) groups is 3. The number of hydrogen-bond donors (Lipinski definition) is 0. The molecule has 0 aliphatic carbocycles. The Morgan fingerprint density at radius 3 is 0.877 bits per heavy atom. The molecule has 0 saturated heterocycles. The van der Waals surface area contributed by atoms with Gasteiger partial charge >= 0.3 is 17.9 Å². The third-order valence-electron chi connectivity index (χ3n) is 13.0. The van der Waals surface area contributed by atoms with Gasteiger partial charge in [0, 0.05) is 19.3 Å². The van der Waals surface area contributed by atoms with Crippen LogP contribution in [-0.2, 0) is 28.6 Å². The first-order valence-electron chi connectivity index (χ1n) is 28.8. The average molecular weight is 916 g/mol. The lowest BCUT2D eigenvalue weighted by Gasteiger charge is -2.18. The molecule has 0 aromatic rings. The molecule has 6 nitrogen and oxygen atoms in total. The Balaban J connectivity index is 4.22. The Hall–Kier alpha value is -2.11. The van der Waals surface area contributed by atoms with Crippen LogP contribution in [0.3, 0.4) is 0 Å². The first-order valence-corrected chi connectivity index (χ1v) is 28.8. The molecular weight excluding hydrogens is 805 g/mol. The minimum absolute atomic E-state index is 0.0718. The van der Waals surface area contributed by atoms with Gasteiger partial charge in [0.1, 0.15) is 13.2 Å². The van der Waals surface area contributed by atoms with E-state index in [9.17, 15) is 14.4 Å². The molecule has 1 atom stereocenters. The highest BCUT2D eigenvalue weighted by molar-refractivity contribution is 5.71. The molecule has 0 amide bonds. The summed E-state index contributed by atoms with van der Waals surface area (Å²) in [6, 6.07) is 0. The van der Waals surface area contributed by atoms with Crippen molar-refractivity contribution < 1.29 is 28.6 Å². The van der Waals surface area contributed by atoms with Gasteiger partial charge in [0.25, 0.3) is 0 Å². The highest BCUT2D eigenvalue weighted by atomic mass is 16.6. The molecule has 0 aromatic heterocycles. The molecule has 0 aliphatic rings. The van der Waals surface area contributed by atoms with E-state index in [0.29, 0.717) is 19.3 Å². The summed E-state index contributed by atoms with van der Waals surface area (Å²) in [5, 5.41) is 0. The van der Waals surface area contributed by atoms with Crippen molar-refractivity contribution in [1.29, 1.82) is 0 Å². The zero-order valence-electron chi connectivity index (χ0n) is 43.8. The van der Waals surface area contributed by atoms with Crippen LogP contribution in [0.5, 0.6) is 0 Å². The van der Waals surface area contributed by atoms with E-state index in [-0.39, 0.29) is 31.1 Å². The van der Waals surface area contributed by atoms with Crippen molar-refractivity contribution >= 4 is 17.9 Å². The maximum Gasteiger partial charge on any atom is 0.306 e. The van der Waals surface area contributed by atoms with E-state index in [1.807, 2.05) is 0 Å². The third-order valence-corrected chi connectivity index (χ3v) is 13.0. The van der Waals surface area contributed by atoms with Crippen LogP contribution in [-0.4, -0.2) is 37.2 Å². The van der Waals surface area contributed by atoms with Gasteiger partial charge in [-0.25, -0.2) is 0 Å². The number of unbranched alkanes of at least 4 members (excludes halogenated alkanes) is 38. The van der Waals surface area contributed by atoms with Crippen LogP contribution in [0.1, 0.15) is 316 Å². The average Bonchev–Trinajstić information content (AvgIpc) is 3.30. The Labute approximate surface area is 404 Å². The summed E-state index contributed by atoms with van der Waals surface area (Å²) in [6.07, 6.45) is 63.2. The van der Waals surface area contributed by atoms with Gasteiger partial charge in [-0.15, -0.1) is 0 Å². The van der Waals surface area contributed by atoms with Crippen LogP contribution in [0.15, 0.2) is 24.3 Å². The lowest BCUT2D eigenvalue weighted by Crippen LogP contribution is -2.30. The lowest BCUT2D eigenvalue weighted by atomic mass is 10.0. The Kier molecular flexibility index (Phi) is 52.7. The van der Waals surface area contributed by atoms with Crippen LogP contribution in [0.2, 0.25) is 0 Å². The molecule has 0 saturated carbocycles. The van der Waals surface area contributed by atoms with E-state index < -0.39 is 6.10 Å². The standard InChI is InChI=1S/C59H110O6/c1-4-7-10-13-16-19-22-24-26-27-28-29-30-31-32-34-35-37-40-43-46-49-52-58(61)64-55-56(54-63-57(60)51-48-45-42-39-21-18-15-12-9-6-3)65-59(62)53-50-47-44-41-38-36-33-25-23-20-17-14-11-8-5-2/h17,20,25,33,56H,4-16,18-19,21-24,26-32,34-55H2,1-3H3/b20-17-,33-25-. The Bertz CT molecular complexity index is 1050. The summed E-state index contributed by atoms with van der Waals surface area (Å²) in [5.74, 6) is -0.868. The highest BCUT2D eigenvalue weighted by Crippen LogP contribution is 2.17. The maximum atomic E-state index is 12.8. The fourth-order valence-corrected chi connectivity index (χ4v) is 8.59. The van der Waals surface area contributed by atoms with Gasteiger partial charge in [-0.05, 0) is 51.4 Å². The van der Waals surface area contributed by atoms with Crippen LogP contribution < -0.4 is 0 Å². The van der Waals surface area contributed by atoms with Gasteiger partial charge in [-0.3, -0.25) is 14.4 Å².